The van der Waals surface area contributed by atoms with E-state index in [1.54, 1.807) is 12.4 Å². The van der Waals surface area contributed by atoms with Gasteiger partial charge in [-0.15, -0.1) is 0 Å². The first-order valence-corrected chi connectivity index (χ1v) is 8.97. The lowest BCUT2D eigenvalue weighted by Gasteiger charge is -2.07. The molecule has 4 nitrogen and oxygen atoms in total. The zero-order chi connectivity index (χ0) is 18.3. The molecule has 0 aliphatic heterocycles. The molecule has 0 N–H and O–H groups in total. The van der Waals surface area contributed by atoms with Crippen LogP contribution in [0, 0.1) is 0 Å². The average Bonchev–Trinajstić information content (AvgIpc) is 3.21. The molecule has 0 saturated carbocycles. The Balaban J connectivity index is 1.35. The van der Waals surface area contributed by atoms with Gasteiger partial charge in [0.25, 0.3) is 0 Å². The van der Waals surface area contributed by atoms with E-state index in [4.69, 9.17) is 9.15 Å². The maximum absolute atomic E-state index is 5.84. The molecule has 0 aliphatic carbocycles. The van der Waals surface area contributed by atoms with E-state index in [9.17, 15) is 0 Å². The summed E-state index contributed by atoms with van der Waals surface area (Å²) in [5, 5.41) is 0. The summed E-state index contributed by atoms with van der Waals surface area (Å²) in [7, 11) is 0. The molecular formula is C23H20N2O2. The molecule has 0 fully saturated rings. The van der Waals surface area contributed by atoms with E-state index in [-0.39, 0.29) is 0 Å². The molecule has 2 aromatic heterocycles. The van der Waals surface area contributed by atoms with E-state index in [0.29, 0.717) is 6.61 Å². The van der Waals surface area contributed by atoms with Crippen molar-refractivity contribution >= 4 is 0 Å². The van der Waals surface area contributed by atoms with Crippen LogP contribution in [0.4, 0.5) is 0 Å². The van der Waals surface area contributed by atoms with Crippen LogP contribution in [0.5, 0.6) is 5.75 Å². The molecule has 2 aromatic carbocycles. The van der Waals surface area contributed by atoms with E-state index in [2.05, 4.69) is 34.2 Å². The molecule has 2 heterocycles. The predicted octanol–water partition coefficient (Wildman–Crippen LogP) is 5.10. The molecule has 0 radical (unpaired) electrons. The zero-order valence-corrected chi connectivity index (χ0v) is 14.9. The molecule has 134 valence electrons. The Morgan fingerprint density at radius 3 is 2.44 bits per heavy atom. The highest BCUT2D eigenvalue weighted by Gasteiger charge is 2.11. The van der Waals surface area contributed by atoms with Gasteiger partial charge in [0.2, 0.25) is 0 Å². The summed E-state index contributed by atoms with van der Waals surface area (Å²) in [6.45, 7) is 0.577. The minimum atomic E-state index is 0.577. The summed E-state index contributed by atoms with van der Waals surface area (Å²) in [6.07, 6.45) is 6.74. The van der Waals surface area contributed by atoms with E-state index in [1.165, 1.54) is 12.0 Å². The number of oxazole rings is 1. The molecular weight excluding hydrogens is 336 g/mol. The summed E-state index contributed by atoms with van der Waals surface area (Å²) in [4.78, 5) is 8.52. The molecule has 0 bridgehead atoms. The van der Waals surface area contributed by atoms with E-state index >= 15 is 0 Å². The van der Waals surface area contributed by atoms with Gasteiger partial charge in [-0.25, -0.2) is 4.98 Å². The first-order chi connectivity index (χ1) is 13.4. The third kappa shape index (κ3) is 4.42. The number of aryl methyl sites for hydroxylation is 2. The zero-order valence-electron chi connectivity index (χ0n) is 14.9. The van der Waals surface area contributed by atoms with E-state index < -0.39 is 0 Å². The molecule has 27 heavy (non-hydrogen) atoms. The second kappa shape index (κ2) is 8.32. The third-order valence-electron chi connectivity index (χ3n) is 4.39. The van der Waals surface area contributed by atoms with Crippen LogP contribution < -0.4 is 4.74 Å². The number of hydrogen-bond donors (Lipinski definition) is 0. The Bertz CT molecular complexity index is 964. The summed E-state index contributed by atoms with van der Waals surface area (Å²) in [5.41, 5.74) is 4.31. The minimum absolute atomic E-state index is 0.577. The van der Waals surface area contributed by atoms with Crippen LogP contribution >= 0.6 is 0 Å². The summed E-state index contributed by atoms with van der Waals surface area (Å²) in [6, 6.07) is 22.3. The van der Waals surface area contributed by atoms with Crippen molar-refractivity contribution in [3.63, 3.8) is 0 Å². The highest BCUT2D eigenvalue weighted by Crippen LogP contribution is 2.23. The largest absolute Gasteiger partial charge is 0.489 e. The van der Waals surface area contributed by atoms with Crippen molar-refractivity contribution in [3.05, 3.63) is 102 Å². The van der Waals surface area contributed by atoms with Crippen molar-refractivity contribution in [1.82, 2.24) is 9.97 Å². The van der Waals surface area contributed by atoms with E-state index in [0.717, 1.165) is 41.2 Å². The van der Waals surface area contributed by atoms with Crippen LogP contribution in [-0.2, 0) is 19.4 Å². The van der Waals surface area contributed by atoms with Gasteiger partial charge in [0.1, 0.15) is 12.4 Å². The van der Waals surface area contributed by atoms with Gasteiger partial charge in [-0.05, 0) is 48.2 Å². The summed E-state index contributed by atoms with van der Waals surface area (Å²) >= 11 is 0. The SMILES string of the molecule is c1ccc(COc2ccc(CCc3ncoc3-c3cccnc3)cc2)cc1. The highest BCUT2D eigenvalue weighted by atomic mass is 16.5. The number of nitrogens with zero attached hydrogens (tertiary/aromatic N) is 2. The standard InChI is InChI=1S/C23H20N2O2/c1-2-5-19(6-3-1)16-26-21-11-8-18(9-12-21)10-13-22-23(27-17-25-22)20-7-4-14-24-15-20/h1-9,11-12,14-15,17H,10,13,16H2. The molecule has 4 aromatic rings. The van der Waals surface area contributed by atoms with Crippen molar-refractivity contribution in [2.75, 3.05) is 0 Å². The van der Waals surface area contributed by atoms with Gasteiger partial charge in [-0.2, -0.15) is 0 Å². The molecule has 0 atom stereocenters. The second-order valence-electron chi connectivity index (χ2n) is 6.29. The van der Waals surface area contributed by atoms with Gasteiger partial charge in [-0.3, -0.25) is 4.98 Å². The maximum atomic E-state index is 5.84. The molecule has 4 rings (SSSR count). The van der Waals surface area contributed by atoms with Gasteiger partial charge < -0.3 is 9.15 Å². The number of hydrogen-bond acceptors (Lipinski definition) is 4. The number of pyridine rings is 1. The Hall–Kier alpha value is -3.40. The van der Waals surface area contributed by atoms with Crippen LogP contribution in [0.3, 0.4) is 0 Å². The normalized spacial score (nSPS) is 10.7. The maximum Gasteiger partial charge on any atom is 0.181 e. The molecule has 4 heteroatoms. The van der Waals surface area contributed by atoms with Crippen molar-refractivity contribution in [2.45, 2.75) is 19.4 Å². The number of aromatic nitrogens is 2. The van der Waals surface area contributed by atoms with Crippen molar-refractivity contribution < 1.29 is 9.15 Å². The lowest BCUT2D eigenvalue weighted by atomic mass is 10.1. The highest BCUT2D eigenvalue weighted by molar-refractivity contribution is 5.58. The number of ether oxygens (including phenoxy) is 1. The van der Waals surface area contributed by atoms with E-state index in [1.807, 2.05) is 42.5 Å². The second-order valence-corrected chi connectivity index (χ2v) is 6.29. The first-order valence-electron chi connectivity index (χ1n) is 8.97. The smallest absolute Gasteiger partial charge is 0.181 e. The summed E-state index contributed by atoms with van der Waals surface area (Å²) < 4.78 is 11.4. The van der Waals surface area contributed by atoms with Crippen LogP contribution in [0.15, 0.2) is 89.9 Å². The van der Waals surface area contributed by atoms with Crippen molar-refractivity contribution in [1.29, 1.82) is 0 Å². The van der Waals surface area contributed by atoms with Crippen LogP contribution in [0.2, 0.25) is 0 Å². The topological polar surface area (TPSA) is 48.2 Å². The first kappa shape index (κ1) is 17.0. The number of rotatable bonds is 7. The fraction of sp³-hybridized carbons (Fsp3) is 0.130. The third-order valence-corrected chi connectivity index (χ3v) is 4.39. The van der Waals surface area contributed by atoms with Gasteiger partial charge in [0, 0.05) is 18.0 Å². The Morgan fingerprint density at radius 2 is 1.67 bits per heavy atom. The van der Waals surface area contributed by atoms with Gasteiger partial charge in [-0.1, -0.05) is 42.5 Å². The lowest BCUT2D eigenvalue weighted by Crippen LogP contribution is -1.96. The Kier molecular flexibility index (Phi) is 5.25. The van der Waals surface area contributed by atoms with Gasteiger partial charge in [0.15, 0.2) is 12.2 Å². The molecule has 0 unspecified atom stereocenters. The van der Waals surface area contributed by atoms with Gasteiger partial charge >= 0.3 is 0 Å². The molecule has 0 aliphatic rings. The van der Waals surface area contributed by atoms with Crippen LogP contribution in [0.25, 0.3) is 11.3 Å². The fourth-order valence-corrected chi connectivity index (χ4v) is 2.94. The monoisotopic (exact) mass is 356 g/mol. The average molecular weight is 356 g/mol. The quantitative estimate of drug-likeness (QED) is 0.462. The minimum Gasteiger partial charge on any atom is -0.489 e. The number of benzene rings is 2. The van der Waals surface area contributed by atoms with Crippen LogP contribution in [-0.4, -0.2) is 9.97 Å². The summed E-state index contributed by atoms with van der Waals surface area (Å²) in [5.74, 6) is 1.67. The lowest BCUT2D eigenvalue weighted by molar-refractivity contribution is 0.306. The molecule has 0 amide bonds. The fourth-order valence-electron chi connectivity index (χ4n) is 2.94. The molecule has 0 saturated heterocycles. The predicted molar refractivity (Wildman–Crippen MR) is 104 cm³/mol. The Labute approximate surface area is 158 Å². The van der Waals surface area contributed by atoms with Crippen LogP contribution in [0.1, 0.15) is 16.8 Å². The van der Waals surface area contributed by atoms with Crippen molar-refractivity contribution in [2.24, 2.45) is 0 Å². The van der Waals surface area contributed by atoms with Gasteiger partial charge in [0.05, 0.1) is 5.69 Å². The van der Waals surface area contributed by atoms with Crippen molar-refractivity contribution in [3.8, 4) is 17.1 Å². The molecule has 0 spiro atoms. The Morgan fingerprint density at radius 1 is 0.815 bits per heavy atom.